The number of nitrogens with zero attached hydrogens (tertiary/aromatic N) is 1. The molecule has 1 unspecified atom stereocenters. The standard InChI is InChI=1S/C13H17BrN2O2/c1-9-3-4-11(7-12(9)14)15-13(17)16-5-6-18-8-10(16)2/h3-4,7,10H,5-6,8H2,1-2H3,(H,15,17). The van der Waals surface area contributed by atoms with Gasteiger partial charge in [0.05, 0.1) is 19.3 Å². The predicted octanol–water partition coefficient (Wildman–Crippen LogP) is 3.01. The van der Waals surface area contributed by atoms with E-state index in [1.165, 1.54) is 0 Å². The van der Waals surface area contributed by atoms with E-state index in [1.807, 2.05) is 32.0 Å². The molecular weight excluding hydrogens is 296 g/mol. The summed E-state index contributed by atoms with van der Waals surface area (Å²) in [5.74, 6) is 0. The van der Waals surface area contributed by atoms with Crippen molar-refractivity contribution in [1.29, 1.82) is 0 Å². The van der Waals surface area contributed by atoms with Crippen molar-refractivity contribution >= 4 is 27.6 Å². The van der Waals surface area contributed by atoms with Crippen LogP contribution < -0.4 is 5.32 Å². The Kier molecular flexibility index (Phi) is 4.24. The first kappa shape index (κ1) is 13.4. The molecule has 1 aliphatic heterocycles. The summed E-state index contributed by atoms with van der Waals surface area (Å²) in [4.78, 5) is 13.9. The fourth-order valence-corrected chi connectivity index (χ4v) is 2.27. The molecule has 98 valence electrons. The van der Waals surface area contributed by atoms with E-state index >= 15 is 0 Å². The molecular formula is C13H17BrN2O2. The minimum Gasteiger partial charge on any atom is -0.377 e. The van der Waals surface area contributed by atoms with E-state index in [9.17, 15) is 4.79 Å². The van der Waals surface area contributed by atoms with Crippen LogP contribution in [-0.2, 0) is 4.74 Å². The molecule has 0 saturated carbocycles. The highest BCUT2D eigenvalue weighted by atomic mass is 79.9. The molecule has 1 atom stereocenters. The Morgan fingerprint density at radius 3 is 3.00 bits per heavy atom. The number of anilines is 1. The van der Waals surface area contributed by atoms with Crippen LogP contribution in [0.1, 0.15) is 12.5 Å². The average Bonchev–Trinajstić information content (AvgIpc) is 2.34. The SMILES string of the molecule is Cc1ccc(NC(=O)N2CCOCC2C)cc1Br. The third-order valence-electron chi connectivity index (χ3n) is 3.05. The normalized spacial score (nSPS) is 19.7. The zero-order chi connectivity index (χ0) is 13.1. The molecule has 18 heavy (non-hydrogen) atoms. The lowest BCUT2D eigenvalue weighted by atomic mass is 10.2. The number of urea groups is 1. The number of nitrogens with one attached hydrogen (secondary N) is 1. The first-order valence-corrected chi connectivity index (χ1v) is 6.79. The zero-order valence-corrected chi connectivity index (χ0v) is 12.2. The van der Waals surface area contributed by atoms with Crippen molar-refractivity contribution in [2.45, 2.75) is 19.9 Å². The summed E-state index contributed by atoms with van der Waals surface area (Å²) in [7, 11) is 0. The van der Waals surface area contributed by atoms with Gasteiger partial charge in [-0.3, -0.25) is 0 Å². The van der Waals surface area contributed by atoms with Gasteiger partial charge in [0.1, 0.15) is 0 Å². The molecule has 0 spiro atoms. The van der Waals surface area contributed by atoms with Gasteiger partial charge in [-0.05, 0) is 31.5 Å². The molecule has 1 N–H and O–H groups in total. The minimum absolute atomic E-state index is 0.0680. The molecule has 4 nitrogen and oxygen atoms in total. The molecule has 0 aliphatic carbocycles. The summed E-state index contributed by atoms with van der Waals surface area (Å²) >= 11 is 3.46. The van der Waals surface area contributed by atoms with E-state index in [-0.39, 0.29) is 12.1 Å². The van der Waals surface area contributed by atoms with E-state index in [2.05, 4.69) is 21.2 Å². The summed E-state index contributed by atoms with van der Waals surface area (Å²) < 4.78 is 6.31. The van der Waals surface area contributed by atoms with Crippen molar-refractivity contribution < 1.29 is 9.53 Å². The van der Waals surface area contributed by atoms with Crippen molar-refractivity contribution in [3.63, 3.8) is 0 Å². The molecule has 2 amide bonds. The predicted molar refractivity (Wildman–Crippen MR) is 74.9 cm³/mol. The van der Waals surface area contributed by atoms with Crippen molar-refractivity contribution in [3.8, 4) is 0 Å². The van der Waals surface area contributed by atoms with E-state index in [0.29, 0.717) is 19.8 Å². The maximum absolute atomic E-state index is 12.1. The Balaban J connectivity index is 2.04. The number of rotatable bonds is 1. The van der Waals surface area contributed by atoms with Crippen LogP contribution in [0.5, 0.6) is 0 Å². The second kappa shape index (κ2) is 5.71. The van der Waals surface area contributed by atoms with Crippen molar-refractivity contribution in [3.05, 3.63) is 28.2 Å². The van der Waals surface area contributed by atoms with Crippen LogP contribution >= 0.6 is 15.9 Å². The molecule has 1 aliphatic rings. The van der Waals surface area contributed by atoms with Gasteiger partial charge in [0.15, 0.2) is 0 Å². The van der Waals surface area contributed by atoms with E-state index in [1.54, 1.807) is 4.90 Å². The lowest BCUT2D eigenvalue weighted by Gasteiger charge is -2.33. The number of amides is 2. The number of carbonyl (C=O) groups excluding carboxylic acids is 1. The highest BCUT2D eigenvalue weighted by Gasteiger charge is 2.23. The van der Waals surface area contributed by atoms with E-state index in [4.69, 9.17) is 4.74 Å². The number of hydrogen-bond acceptors (Lipinski definition) is 2. The molecule has 1 saturated heterocycles. The Morgan fingerprint density at radius 2 is 2.33 bits per heavy atom. The molecule has 1 heterocycles. The number of ether oxygens (including phenoxy) is 1. The number of hydrogen-bond donors (Lipinski definition) is 1. The third kappa shape index (κ3) is 3.03. The lowest BCUT2D eigenvalue weighted by Crippen LogP contribution is -2.48. The highest BCUT2D eigenvalue weighted by molar-refractivity contribution is 9.10. The number of halogens is 1. The van der Waals surface area contributed by atoms with Crippen LogP contribution in [0.25, 0.3) is 0 Å². The maximum atomic E-state index is 12.1. The first-order chi connectivity index (χ1) is 8.58. The van der Waals surface area contributed by atoms with Crippen molar-refractivity contribution in [2.24, 2.45) is 0 Å². The fourth-order valence-electron chi connectivity index (χ4n) is 1.89. The number of morpholine rings is 1. The number of carbonyl (C=O) groups is 1. The lowest BCUT2D eigenvalue weighted by molar-refractivity contribution is 0.0222. The Bertz CT molecular complexity index is 451. The van der Waals surface area contributed by atoms with Crippen LogP contribution in [0, 0.1) is 6.92 Å². The van der Waals surface area contributed by atoms with Crippen LogP contribution in [0.3, 0.4) is 0 Å². The average molecular weight is 313 g/mol. The van der Waals surface area contributed by atoms with Crippen LogP contribution in [0.4, 0.5) is 10.5 Å². The number of benzene rings is 1. The van der Waals surface area contributed by atoms with Gasteiger partial charge in [-0.15, -0.1) is 0 Å². The molecule has 2 rings (SSSR count). The van der Waals surface area contributed by atoms with Gasteiger partial charge in [0.25, 0.3) is 0 Å². The van der Waals surface area contributed by atoms with Crippen molar-refractivity contribution in [1.82, 2.24) is 4.90 Å². The summed E-state index contributed by atoms with van der Waals surface area (Å²) in [6, 6.07) is 5.85. The second-order valence-corrected chi connectivity index (χ2v) is 5.37. The van der Waals surface area contributed by atoms with Gasteiger partial charge >= 0.3 is 6.03 Å². The topological polar surface area (TPSA) is 41.6 Å². The summed E-state index contributed by atoms with van der Waals surface area (Å²) in [6.45, 7) is 5.85. The summed E-state index contributed by atoms with van der Waals surface area (Å²) in [6.07, 6.45) is 0. The quantitative estimate of drug-likeness (QED) is 0.866. The molecule has 1 aromatic carbocycles. The van der Waals surface area contributed by atoms with Gasteiger partial charge < -0.3 is 15.0 Å². The van der Waals surface area contributed by atoms with E-state index in [0.717, 1.165) is 15.7 Å². The van der Waals surface area contributed by atoms with Gasteiger partial charge in [-0.1, -0.05) is 22.0 Å². The zero-order valence-electron chi connectivity index (χ0n) is 10.6. The molecule has 5 heteroatoms. The van der Waals surface area contributed by atoms with E-state index < -0.39 is 0 Å². The van der Waals surface area contributed by atoms with Gasteiger partial charge in [0, 0.05) is 16.7 Å². The van der Waals surface area contributed by atoms with Gasteiger partial charge in [-0.25, -0.2) is 4.79 Å². The second-order valence-electron chi connectivity index (χ2n) is 4.51. The van der Waals surface area contributed by atoms with Gasteiger partial charge in [-0.2, -0.15) is 0 Å². The highest BCUT2D eigenvalue weighted by Crippen LogP contribution is 2.21. The molecule has 0 radical (unpaired) electrons. The Labute approximate surface area is 115 Å². The summed E-state index contributed by atoms with van der Waals surface area (Å²) in [5.41, 5.74) is 1.95. The first-order valence-electron chi connectivity index (χ1n) is 5.99. The largest absolute Gasteiger partial charge is 0.377 e. The van der Waals surface area contributed by atoms with Crippen molar-refractivity contribution in [2.75, 3.05) is 25.1 Å². The maximum Gasteiger partial charge on any atom is 0.322 e. The minimum atomic E-state index is -0.0680. The third-order valence-corrected chi connectivity index (χ3v) is 3.91. The molecule has 1 fully saturated rings. The Hall–Kier alpha value is -1.07. The number of aryl methyl sites for hydroxylation is 1. The van der Waals surface area contributed by atoms with Gasteiger partial charge in [0.2, 0.25) is 0 Å². The Morgan fingerprint density at radius 1 is 1.56 bits per heavy atom. The van der Waals surface area contributed by atoms with Crippen LogP contribution in [-0.4, -0.2) is 36.7 Å². The summed E-state index contributed by atoms with van der Waals surface area (Å²) in [5, 5.41) is 2.91. The van der Waals surface area contributed by atoms with Crippen LogP contribution in [0.2, 0.25) is 0 Å². The molecule has 0 bridgehead atoms. The van der Waals surface area contributed by atoms with Crippen LogP contribution in [0.15, 0.2) is 22.7 Å². The smallest absolute Gasteiger partial charge is 0.322 e. The fraction of sp³-hybridized carbons (Fsp3) is 0.462. The molecule has 0 aromatic heterocycles. The monoisotopic (exact) mass is 312 g/mol. The molecule has 1 aromatic rings.